The van der Waals surface area contributed by atoms with Crippen LogP contribution in [0.4, 0.5) is 0 Å². The van der Waals surface area contributed by atoms with Crippen LogP contribution in [-0.4, -0.2) is 34.5 Å². The van der Waals surface area contributed by atoms with Crippen molar-refractivity contribution in [3.8, 4) is 0 Å². The molecule has 1 heterocycles. The van der Waals surface area contributed by atoms with E-state index in [2.05, 4.69) is 0 Å². The molecule has 1 aliphatic heterocycles. The van der Waals surface area contributed by atoms with E-state index in [1.54, 1.807) is 6.92 Å². The maximum Gasteiger partial charge on any atom is 0.335 e. The Kier molecular flexibility index (Phi) is 2.15. The van der Waals surface area contributed by atoms with Crippen LogP contribution in [0.2, 0.25) is 0 Å². The van der Waals surface area contributed by atoms with E-state index in [0.717, 1.165) is 0 Å². The molecule has 0 spiro atoms. The Hall–Kier alpha value is -0.610. The summed E-state index contributed by atoms with van der Waals surface area (Å²) in [5.74, 6) is -0.582. The molecule has 1 aliphatic rings. The molecule has 0 bridgehead atoms. The van der Waals surface area contributed by atoms with Gasteiger partial charge in [0.15, 0.2) is 6.10 Å². The molecule has 4 nitrogen and oxygen atoms in total. The van der Waals surface area contributed by atoms with E-state index in [4.69, 9.17) is 14.9 Å². The van der Waals surface area contributed by atoms with Crippen LogP contribution in [-0.2, 0) is 9.53 Å². The smallest absolute Gasteiger partial charge is 0.335 e. The van der Waals surface area contributed by atoms with E-state index in [-0.39, 0.29) is 13.0 Å². The van der Waals surface area contributed by atoms with Gasteiger partial charge in [-0.15, -0.1) is 0 Å². The molecular weight excluding hydrogens is 148 g/mol. The van der Waals surface area contributed by atoms with E-state index >= 15 is 0 Å². The van der Waals surface area contributed by atoms with Crippen LogP contribution in [0, 0.1) is 0 Å². The van der Waals surface area contributed by atoms with Gasteiger partial charge in [0.05, 0.1) is 0 Å². The predicted octanol–water partition coefficient (Wildman–Crippen LogP) is -0.565. The fourth-order valence-electron chi connectivity index (χ4n) is 1.23. The van der Waals surface area contributed by atoms with Gasteiger partial charge in [-0.25, -0.2) is 4.79 Å². The molecule has 11 heavy (non-hydrogen) atoms. The van der Waals surface area contributed by atoms with Gasteiger partial charge >= 0.3 is 5.97 Å². The molecule has 2 N–H and O–H groups in total. The zero-order valence-electron chi connectivity index (χ0n) is 6.41. The third-order valence-electron chi connectivity index (χ3n) is 1.88. The van der Waals surface area contributed by atoms with Gasteiger partial charge in [0, 0.05) is 19.4 Å². The van der Waals surface area contributed by atoms with Gasteiger partial charge in [0.2, 0.25) is 0 Å². The van der Waals surface area contributed by atoms with Gasteiger partial charge in [-0.2, -0.15) is 0 Å². The number of ether oxygens (including phenoxy) is 1. The number of cyclic esters (lactones) is 1. The van der Waals surface area contributed by atoms with Gasteiger partial charge in [0.25, 0.3) is 0 Å². The summed E-state index contributed by atoms with van der Waals surface area (Å²) in [6.45, 7) is 1.67. The zero-order valence-corrected chi connectivity index (χ0v) is 6.41. The number of aliphatic hydroxyl groups is 2. The van der Waals surface area contributed by atoms with E-state index in [1.807, 2.05) is 0 Å². The molecule has 0 aromatic heterocycles. The molecule has 0 saturated carbocycles. The minimum Gasteiger partial charge on any atom is -0.457 e. The van der Waals surface area contributed by atoms with Crippen LogP contribution >= 0.6 is 0 Å². The summed E-state index contributed by atoms with van der Waals surface area (Å²) in [5, 5.41) is 17.6. The van der Waals surface area contributed by atoms with Crippen molar-refractivity contribution in [2.45, 2.75) is 31.5 Å². The molecule has 0 amide bonds. The molecule has 0 aromatic rings. The maximum absolute atomic E-state index is 10.7. The lowest BCUT2D eigenvalue weighted by Gasteiger charge is -2.20. The third kappa shape index (κ3) is 1.70. The van der Waals surface area contributed by atoms with Crippen molar-refractivity contribution >= 4 is 5.97 Å². The number of carbonyl (C=O) groups is 1. The van der Waals surface area contributed by atoms with Crippen LogP contribution in [0.25, 0.3) is 0 Å². The summed E-state index contributed by atoms with van der Waals surface area (Å²) in [5.41, 5.74) is -0.661. The molecule has 0 aliphatic carbocycles. The highest BCUT2D eigenvalue weighted by molar-refractivity contribution is 5.77. The first-order valence-corrected chi connectivity index (χ1v) is 3.59. The molecule has 1 fully saturated rings. The Balaban J connectivity index is 2.56. The van der Waals surface area contributed by atoms with Crippen LogP contribution in [0.15, 0.2) is 0 Å². The fraction of sp³-hybridized carbons (Fsp3) is 0.857. The van der Waals surface area contributed by atoms with Crippen molar-refractivity contribution in [2.24, 2.45) is 0 Å². The first-order valence-electron chi connectivity index (χ1n) is 3.59. The second-order valence-electron chi connectivity index (χ2n) is 3.06. The molecule has 2 atom stereocenters. The highest BCUT2D eigenvalue weighted by atomic mass is 16.6. The first kappa shape index (κ1) is 8.49. The maximum atomic E-state index is 10.7. The van der Waals surface area contributed by atoms with Crippen molar-refractivity contribution in [1.82, 2.24) is 0 Å². The Labute approximate surface area is 64.8 Å². The SMILES string of the molecule is CC1(CCO)CC(O)C(=O)O1. The third-order valence-corrected chi connectivity index (χ3v) is 1.88. The van der Waals surface area contributed by atoms with Crippen LogP contribution in [0.3, 0.4) is 0 Å². The molecule has 4 heteroatoms. The minimum absolute atomic E-state index is 0.0312. The monoisotopic (exact) mass is 160 g/mol. The summed E-state index contributed by atoms with van der Waals surface area (Å²) < 4.78 is 4.85. The average molecular weight is 160 g/mol. The van der Waals surface area contributed by atoms with Gasteiger partial charge < -0.3 is 14.9 Å². The Morgan fingerprint density at radius 3 is 2.82 bits per heavy atom. The number of esters is 1. The number of aliphatic hydroxyl groups excluding tert-OH is 2. The average Bonchev–Trinajstić information content (AvgIpc) is 2.08. The predicted molar refractivity (Wildman–Crippen MR) is 36.8 cm³/mol. The Morgan fingerprint density at radius 2 is 2.45 bits per heavy atom. The summed E-state index contributed by atoms with van der Waals surface area (Å²) >= 11 is 0. The molecular formula is C7H12O4. The molecule has 1 saturated heterocycles. The molecule has 0 radical (unpaired) electrons. The van der Waals surface area contributed by atoms with Crippen LogP contribution < -0.4 is 0 Å². The van der Waals surface area contributed by atoms with Gasteiger partial charge in [-0.3, -0.25) is 0 Å². The molecule has 64 valence electrons. The quantitative estimate of drug-likeness (QED) is 0.531. The fourth-order valence-corrected chi connectivity index (χ4v) is 1.23. The zero-order chi connectivity index (χ0) is 8.48. The van der Waals surface area contributed by atoms with Gasteiger partial charge in [-0.1, -0.05) is 0 Å². The van der Waals surface area contributed by atoms with E-state index in [0.29, 0.717) is 6.42 Å². The van der Waals surface area contributed by atoms with E-state index in [9.17, 15) is 4.79 Å². The van der Waals surface area contributed by atoms with Crippen molar-refractivity contribution in [2.75, 3.05) is 6.61 Å². The number of carbonyl (C=O) groups excluding carboxylic acids is 1. The second kappa shape index (κ2) is 2.79. The summed E-state index contributed by atoms with van der Waals surface area (Å²) in [6, 6.07) is 0. The normalized spacial score (nSPS) is 37.4. The van der Waals surface area contributed by atoms with E-state index < -0.39 is 17.7 Å². The van der Waals surface area contributed by atoms with Crippen molar-refractivity contribution in [3.63, 3.8) is 0 Å². The second-order valence-corrected chi connectivity index (χ2v) is 3.06. The number of hydrogen-bond acceptors (Lipinski definition) is 4. The summed E-state index contributed by atoms with van der Waals surface area (Å²) in [7, 11) is 0. The number of hydrogen-bond donors (Lipinski definition) is 2. The lowest BCUT2D eigenvalue weighted by atomic mass is 9.98. The standard InChI is InChI=1S/C7H12O4/c1-7(2-3-8)4-5(9)6(10)11-7/h5,8-9H,2-4H2,1H3. The largest absolute Gasteiger partial charge is 0.457 e. The van der Waals surface area contributed by atoms with Crippen LogP contribution in [0.1, 0.15) is 19.8 Å². The summed E-state index contributed by atoms with van der Waals surface area (Å²) in [6.07, 6.45) is -0.339. The first-order chi connectivity index (χ1) is 5.07. The van der Waals surface area contributed by atoms with Crippen molar-refractivity contribution in [3.05, 3.63) is 0 Å². The minimum atomic E-state index is -1.01. The highest BCUT2D eigenvalue weighted by Crippen LogP contribution is 2.29. The van der Waals surface area contributed by atoms with Crippen molar-refractivity contribution < 1.29 is 19.7 Å². The Bertz CT molecular complexity index is 168. The van der Waals surface area contributed by atoms with Crippen LogP contribution in [0.5, 0.6) is 0 Å². The Morgan fingerprint density at radius 1 is 1.82 bits per heavy atom. The summed E-state index contributed by atoms with van der Waals surface area (Å²) in [4.78, 5) is 10.7. The van der Waals surface area contributed by atoms with Gasteiger partial charge in [-0.05, 0) is 6.92 Å². The lowest BCUT2D eigenvalue weighted by Crippen LogP contribution is -2.25. The molecule has 1 rings (SSSR count). The highest BCUT2D eigenvalue weighted by Gasteiger charge is 2.41. The molecule has 0 aromatic carbocycles. The number of rotatable bonds is 2. The van der Waals surface area contributed by atoms with E-state index in [1.165, 1.54) is 0 Å². The van der Waals surface area contributed by atoms with Crippen molar-refractivity contribution in [1.29, 1.82) is 0 Å². The van der Waals surface area contributed by atoms with Gasteiger partial charge in [0.1, 0.15) is 5.60 Å². The molecule has 2 unspecified atom stereocenters. The topological polar surface area (TPSA) is 66.8 Å². The lowest BCUT2D eigenvalue weighted by molar-refractivity contribution is -0.152.